The quantitative estimate of drug-likeness (QED) is 0.842. The van der Waals surface area contributed by atoms with Crippen LogP contribution in [0.15, 0.2) is 24.3 Å². The van der Waals surface area contributed by atoms with Crippen molar-refractivity contribution < 1.29 is 14.3 Å². The van der Waals surface area contributed by atoms with Crippen molar-refractivity contribution in [3.05, 3.63) is 29.8 Å². The highest BCUT2D eigenvalue weighted by Crippen LogP contribution is 2.19. The Morgan fingerprint density at radius 2 is 1.60 bits per heavy atom. The molecule has 5 nitrogen and oxygen atoms in total. The molecule has 2 amide bonds. The Labute approximate surface area is 150 Å². The molecule has 1 aliphatic rings. The summed E-state index contributed by atoms with van der Waals surface area (Å²) in [4.78, 5) is 28.8. The van der Waals surface area contributed by atoms with E-state index in [1.807, 2.05) is 61.8 Å². The summed E-state index contributed by atoms with van der Waals surface area (Å²) in [5.41, 5.74) is 0.613. The van der Waals surface area contributed by atoms with Gasteiger partial charge in [0.05, 0.1) is 13.0 Å². The minimum Gasteiger partial charge on any atom is -0.494 e. The summed E-state index contributed by atoms with van der Waals surface area (Å²) in [6, 6.07) is 7.68. The molecule has 1 aromatic rings. The zero-order valence-electron chi connectivity index (χ0n) is 15.9. The second kappa shape index (κ2) is 8.37. The molecule has 1 fully saturated rings. The minimum atomic E-state index is -0.374. The first kappa shape index (κ1) is 19.3. The molecule has 0 N–H and O–H groups in total. The first-order valence-corrected chi connectivity index (χ1v) is 9.10. The molecule has 0 aromatic heterocycles. The standard InChI is InChI=1S/C20H30N2O3/c1-5-25-17-9-7-16(8-10-17)15-18(23)21-11-6-12-22(14-13-21)19(24)20(2,3)4/h7-10H,5-6,11-15H2,1-4H3. The Kier molecular flexibility index (Phi) is 6.45. The summed E-state index contributed by atoms with van der Waals surface area (Å²) in [6.07, 6.45) is 1.22. The zero-order valence-corrected chi connectivity index (χ0v) is 15.9. The van der Waals surface area contributed by atoms with Gasteiger partial charge in [0.15, 0.2) is 0 Å². The predicted octanol–water partition coefficient (Wildman–Crippen LogP) is 2.73. The average Bonchev–Trinajstić information content (AvgIpc) is 2.81. The van der Waals surface area contributed by atoms with Crippen LogP contribution in [-0.2, 0) is 16.0 Å². The summed E-state index contributed by atoms with van der Waals surface area (Å²) in [6.45, 7) is 11.1. The number of benzene rings is 1. The molecule has 0 spiro atoms. The summed E-state index contributed by atoms with van der Waals surface area (Å²) in [7, 11) is 0. The van der Waals surface area contributed by atoms with Gasteiger partial charge in [0.2, 0.25) is 11.8 Å². The van der Waals surface area contributed by atoms with E-state index in [0.29, 0.717) is 32.7 Å². The maximum absolute atomic E-state index is 12.6. The maximum atomic E-state index is 12.6. The molecular formula is C20H30N2O3. The topological polar surface area (TPSA) is 49.9 Å². The third kappa shape index (κ3) is 5.48. The van der Waals surface area contributed by atoms with Crippen molar-refractivity contribution >= 4 is 11.8 Å². The number of amides is 2. The molecule has 1 aliphatic heterocycles. The van der Waals surface area contributed by atoms with Gasteiger partial charge in [-0.2, -0.15) is 0 Å². The molecule has 1 heterocycles. The highest BCUT2D eigenvalue weighted by molar-refractivity contribution is 5.82. The first-order valence-electron chi connectivity index (χ1n) is 9.10. The summed E-state index contributed by atoms with van der Waals surface area (Å²) < 4.78 is 5.43. The maximum Gasteiger partial charge on any atom is 0.228 e. The van der Waals surface area contributed by atoms with E-state index >= 15 is 0 Å². The van der Waals surface area contributed by atoms with Gasteiger partial charge >= 0.3 is 0 Å². The van der Waals surface area contributed by atoms with Crippen LogP contribution in [-0.4, -0.2) is 54.4 Å². The van der Waals surface area contributed by atoms with Gasteiger partial charge in [0, 0.05) is 31.6 Å². The van der Waals surface area contributed by atoms with Crippen LogP contribution in [0.4, 0.5) is 0 Å². The lowest BCUT2D eigenvalue weighted by Crippen LogP contribution is -2.42. The lowest BCUT2D eigenvalue weighted by atomic mass is 9.94. The van der Waals surface area contributed by atoms with Gasteiger partial charge in [-0.3, -0.25) is 9.59 Å². The van der Waals surface area contributed by atoms with Crippen molar-refractivity contribution in [2.45, 2.75) is 40.5 Å². The minimum absolute atomic E-state index is 0.120. The number of rotatable bonds is 4. The Bertz CT molecular complexity index is 590. The van der Waals surface area contributed by atoms with Crippen LogP contribution in [0.5, 0.6) is 5.75 Å². The Hall–Kier alpha value is -2.04. The molecule has 0 radical (unpaired) electrons. The Morgan fingerprint density at radius 1 is 1.00 bits per heavy atom. The molecule has 138 valence electrons. The van der Waals surface area contributed by atoms with Gasteiger partial charge < -0.3 is 14.5 Å². The third-order valence-corrected chi connectivity index (χ3v) is 4.37. The number of carbonyl (C=O) groups is 2. The molecule has 0 atom stereocenters. The highest BCUT2D eigenvalue weighted by Gasteiger charge is 2.29. The van der Waals surface area contributed by atoms with E-state index in [9.17, 15) is 9.59 Å². The van der Waals surface area contributed by atoms with Gasteiger partial charge in [-0.25, -0.2) is 0 Å². The van der Waals surface area contributed by atoms with Crippen molar-refractivity contribution in [1.82, 2.24) is 9.80 Å². The van der Waals surface area contributed by atoms with Crippen LogP contribution < -0.4 is 4.74 Å². The number of hydrogen-bond acceptors (Lipinski definition) is 3. The molecular weight excluding hydrogens is 316 g/mol. The molecule has 0 unspecified atom stereocenters. The van der Waals surface area contributed by atoms with Crippen molar-refractivity contribution in [3.63, 3.8) is 0 Å². The molecule has 0 saturated carbocycles. The molecule has 25 heavy (non-hydrogen) atoms. The molecule has 1 saturated heterocycles. The fourth-order valence-electron chi connectivity index (χ4n) is 3.00. The first-order chi connectivity index (χ1) is 11.8. The van der Waals surface area contributed by atoms with Crippen LogP contribution in [0.25, 0.3) is 0 Å². The SMILES string of the molecule is CCOc1ccc(CC(=O)N2CCCN(C(=O)C(C)(C)C)CC2)cc1. The van der Waals surface area contributed by atoms with Gasteiger partial charge in [-0.1, -0.05) is 32.9 Å². The fourth-order valence-corrected chi connectivity index (χ4v) is 3.00. The van der Waals surface area contributed by atoms with Crippen molar-refractivity contribution in [1.29, 1.82) is 0 Å². The summed E-state index contributed by atoms with van der Waals surface area (Å²) >= 11 is 0. The van der Waals surface area contributed by atoms with Crippen molar-refractivity contribution in [2.75, 3.05) is 32.8 Å². The molecule has 0 aliphatic carbocycles. The number of ether oxygens (including phenoxy) is 1. The van der Waals surface area contributed by atoms with E-state index < -0.39 is 0 Å². The summed E-state index contributed by atoms with van der Waals surface area (Å²) in [5.74, 6) is 1.10. The van der Waals surface area contributed by atoms with E-state index in [1.165, 1.54) is 0 Å². The lowest BCUT2D eigenvalue weighted by Gasteiger charge is -2.28. The number of hydrogen-bond donors (Lipinski definition) is 0. The van der Waals surface area contributed by atoms with Crippen LogP contribution in [0, 0.1) is 5.41 Å². The zero-order chi connectivity index (χ0) is 18.4. The number of nitrogens with zero attached hydrogens (tertiary/aromatic N) is 2. The largest absolute Gasteiger partial charge is 0.494 e. The van der Waals surface area contributed by atoms with E-state index in [0.717, 1.165) is 24.3 Å². The normalized spacial score (nSPS) is 15.7. The fraction of sp³-hybridized carbons (Fsp3) is 0.600. The highest BCUT2D eigenvalue weighted by atomic mass is 16.5. The Morgan fingerprint density at radius 3 is 2.20 bits per heavy atom. The lowest BCUT2D eigenvalue weighted by molar-refractivity contribution is -0.139. The van der Waals surface area contributed by atoms with E-state index in [4.69, 9.17) is 4.74 Å². The monoisotopic (exact) mass is 346 g/mol. The van der Waals surface area contributed by atoms with Gasteiger partial charge in [0.25, 0.3) is 0 Å². The third-order valence-electron chi connectivity index (χ3n) is 4.37. The molecule has 1 aromatic carbocycles. The summed E-state index contributed by atoms with van der Waals surface area (Å²) in [5, 5.41) is 0. The Balaban J connectivity index is 1.91. The van der Waals surface area contributed by atoms with E-state index in [-0.39, 0.29) is 17.2 Å². The van der Waals surface area contributed by atoms with Gasteiger partial charge in [0.1, 0.15) is 5.75 Å². The predicted molar refractivity (Wildman–Crippen MR) is 98.5 cm³/mol. The van der Waals surface area contributed by atoms with Crippen LogP contribution in [0.3, 0.4) is 0 Å². The molecule has 5 heteroatoms. The van der Waals surface area contributed by atoms with Gasteiger partial charge in [-0.05, 0) is 31.0 Å². The number of carbonyl (C=O) groups excluding carboxylic acids is 2. The van der Waals surface area contributed by atoms with Crippen LogP contribution in [0.1, 0.15) is 39.7 Å². The van der Waals surface area contributed by atoms with Gasteiger partial charge in [-0.15, -0.1) is 0 Å². The van der Waals surface area contributed by atoms with E-state index in [1.54, 1.807) is 0 Å². The van der Waals surface area contributed by atoms with Crippen molar-refractivity contribution in [3.8, 4) is 5.75 Å². The smallest absolute Gasteiger partial charge is 0.228 e. The molecule has 0 bridgehead atoms. The van der Waals surface area contributed by atoms with Crippen molar-refractivity contribution in [2.24, 2.45) is 5.41 Å². The average molecular weight is 346 g/mol. The van der Waals surface area contributed by atoms with Crippen LogP contribution in [0.2, 0.25) is 0 Å². The molecule has 2 rings (SSSR count). The van der Waals surface area contributed by atoms with E-state index in [2.05, 4.69) is 0 Å². The van der Waals surface area contributed by atoms with Crippen LogP contribution >= 0.6 is 0 Å². The second-order valence-corrected chi connectivity index (χ2v) is 7.53. The second-order valence-electron chi connectivity index (χ2n) is 7.53.